The van der Waals surface area contributed by atoms with E-state index in [2.05, 4.69) is 27.8 Å². The van der Waals surface area contributed by atoms with Crippen molar-refractivity contribution in [2.75, 3.05) is 25.4 Å². The standard InChI is InChI=1S/C35H57N5O7S/c1-6-20-36-29(42)26(41)21-37-30(43)27-25-15-13-14-24(25)22-40(27)31(44)28(34(5)16-9-7-10-17-34)38-32(45)39-35(18-11-8-12-19-35)23-48(46,47)33(2,3)4/h6,24-25,27-28H,1,7-23H2,2-5H3,(H,36,42)(H,37,43)(H2,38,39,45)/t24-,25-,27-,28+/m0/s1. The number of fused-ring (bicyclic) bond motifs is 1. The molecule has 4 N–H and O–H groups in total. The zero-order valence-electron chi connectivity index (χ0n) is 29.3. The summed E-state index contributed by atoms with van der Waals surface area (Å²) < 4.78 is 25.8. The van der Waals surface area contributed by atoms with E-state index in [4.69, 9.17) is 0 Å². The maximum absolute atomic E-state index is 14.7. The second-order valence-electron chi connectivity index (χ2n) is 15.9. The highest BCUT2D eigenvalue weighted by Crippen LogP contribution is 2.45. The third kappa shape index (κ3) is 8.60. The molecule has 1 saturated heterocycles. The van der Waals surface area contributed by atoms with E-state index in [-0.39, 0.29) is 30.0 Å². The number of carbonyl (C=O) groups excluding carboxylic acids is 5. The van der Waals surface area contributed by atoms with E-state index >= 15 is 0 Å². The van der Waals surface area contributed by atoms with Gasteiger partial charge in [-0.1, -0.05) is 57.9 Å². The largest absolute Gasteiger partial charge is 0.347 e. The molecule has 3 aliphatic carbocycles. The molecule has 13 heteroatoms. The molecule has 0 aromatic carbocycles. The van der Waals surface area contributed by atoms with Crippen molar-refractivity contribution in [2.45, 2.75) is 134 Å². The molecule has 3 saturated carbocycles. The molecule has 4 atom stereocenters. The number of sulfone groups is 1. The number of urea groups is 1. The van der Waals surface area contributed by atoms with Crippen LogP contribution >= 0.6 is 0 Å². The van der Waals surface area contributed by atoms with Crippen LogP contribution in [-0.4, -0.2) is 90.6 Å². The lowest BCUT2D eigenvalue weighted by Gasteiger charge is -2.44. The fourth-order valence-corrected chi connectivity index (χ4v) is 9.88. The zero-order chi connectivity index (χ0) is 35.3. The summed E-state index contributed by atoms with van der Waals surface area (Å²) in [6.45, 7) is 10.6. The number of rotatable bonds is 12. The van der Waals surface area contributed by atoms with Crippen molar-refractivity contribution < 1.29 is 32.4 Å². The van der Waals surface area contributed by atoms with Crippen LogP contribution in [0.2, 0.25) is 0 Å². The van der Waals surface area contributed by atoms with Crippen molar-refractivity contribution in [1.29, 1.82) is 0 Å². The molecule has 1 aliphatic heterocycles. The van der Waals surface area contributed by atoms with Crippen molar-refractivity contribution in [2.24, 2.45) is 17.3 Å². The van der Waals surface area contributed by atoms with Gasteiger partial charge in [0.25, 0.3) is 5.91 Å². The molecule has 12 nitrogen and oxygen atoms in total. The first kappa shape index (κ1) is 37.9. The van der Waals surface area contributed by atoms with E-state index in [0.717, 1.165) is 70.6 Å². The molecule has 0 aromatic heterocycles. The van der Waals surface area contributed by atoms with Crippen LogP contribution < -0.4 is 21.3 Å². The van der Waals surface area contributed by atoms with Crippen molar-refractivity contribution in [1.82, 2.24) is 26.2 Å². The number of hydrogen-bond acceptors (Lipinski definition) is 7. The number of carbonyl (C=O) groups is 5. The molecule has 48 heavy (non-hydrogen) atoms. The maximum atomic E-state index is 14.7. The van der Waals surface area contributed by atoms with Gasteiger partial charge in [0, 0.05) is 13.1 Å². The molecule has 270 valence electrons. The van der Waals surface area contributed by atoms with Crippen LogP contribution in [0.5, 0.6) is 0 Å². The average molecular weight is 692 g/mol. The molecule has 4 rings (SSSR count). The first-order chi connectivity index (χ1) is 22.5. The minimum Gasteiger partial charge on any atom is -0.347 e. The summed E-state index contributed by atoms with van der Waals surface area (Å²) in [7, 11) is -3.55. The highest BCUT2D eigenvalue weighted by atomic mass is 32.2. The van der Waals surface area contributed by atoms with Gasteiger partial charge in [0.05, 0.1) is 22.6 Å². The third-order valence-electron chi connectivity index (χ3n) is 11.3. The molecule has 1 heterocycles. The van der Waals surface area contributed by atoms with Gasteiger partial charge < -0.3 is 26.2 Å². The van der Waals surface area contributed by atoms with E-state index < -0.39 is 67.8 Å². The Morgan fingerprint density at radius 1 is 0.917 bits per heavy atom. The van der Waals surface area contributed by atoms with Crippen LogP contribution in [-0.2, 0) is 29.0 Å². The van der Waals surface area contributed by atoms with E-state index in [1.54, 1.807) is 25.7 Å². The number of ketones is 1. The van der Waals surface area contributed by atoms with Gasteiger partial charge in [-0.05, 0) is 76.5 Å². The predicted octanol–water partition coefficient (Wildman–Crippen LogP) is 3.16. The average Bonchev–Trinajstić information content (AvgIpc) is 3.62. The summed E-state index contributed by atoms with van der Waals surface area (Å²) in [5.41, 5.74) is -1.51. The van der Waals surface area contributed by atoms with Gasteiger partial charge in [-0.3, -0.25) is 19.2 Å². The van der Waals surface area contributed by atoms with Gasteiger partial charge in [0.15, 0.2) is 9.84 Å². The van der Waals surface area contributed by atoms with Crippen molar-refractivity contribution >= 4 is 39.4 Å². The first-order valence-electron chi connectivity index (χ1n) is 17.8. The molecule has 4 fully saturated rings. The summed E-state index contributed by atoms with van der Waals surface area (Å²) in [5.74, 6) is -2.56. The number of hydrogen-bond donors (Lipinski definition) is 4. The van der Waals surface area contributed by atoms with Crippen LogP contribution in [0.3, 0.4) is 0 Å². The SMILES string of the molecule is C=CCNC(=O)C(=O)CNC(=O)[C@@H]1[C@H]2CCC[C@H]2CN1C(=O)[C@@H](NC(=O)NC1(CS(=O)(=O)C(C)(C)C)CCCCC1)C1(C)CCCCC1. The lowest BCUT2D eigenvalue weighted by molar-refractivity contribution is -0.144. The Hall–Kier alpha value is -2.96. The fraction of sp³-hybridized carbons (Fsp3) is 0.800. The molecule has 0 bridgehead atoms. The van der Waals surface area contributed by atoms with Crippen molar-refractivity contribution in [3.8, 4) is 0 Å². The molecular formula is C35H57N5O7S. The van der Waals surface area contributed by atoms with Crippen molar-refractivity contribution in [3.05, 3.63) is 12.7 Å². The number of Topliss-reactive ketones (excluding diaryl/α,β-unsaturated/α-hetero) is 1. The Labute approximate surface area is 286 Å². The molecule has 0 spiro atoms. The Morgan fingerprint density at radius 2 is 1.54 bits per heavy atom. The summed E-state index contributed by atoms with van der Waals surface area (Å²) in [6.07, 6.45) is 11.9. The second-order valence-corrected chi connectivity index (χ2v) is 18.6. The van der Waals surface area contributed by atoms with Crippen LogP contribution in [0.1, 0.15) is 111 Å². The molecular weight excluding hydrogens is 634 g/mol. The van der Waals surface area contributed by atoms with E-state index in [1.165, 1.54) is 6.08 Å². The van der Waals surface area contributed by atoms with Crippen LogP contribution in [0.25, 0.3) is 0 Å². The Balaban J connectivity index is 1.57. The Bertz CT molecular complexity index is 1340. The second kappa shape index (κ2) is 15.3. The van der Waals surface area contributed by atoms with Gasteiger partial charge in [-0.15, -0.1) is 6.58 Å². The molecule has 4 aliphatic rings. The van der Waals surface area contributed by atoms with Gasteiger partial charge in [0.2, 0.25) is 17.6 Å². The monoisotopic (exact) mass is 691 g/mol. The predicted molar refractivity (Wildman–Crippen MR) is 184 cm³/mol. The fourth-order valence-electron chi connectivity index (χ4n) is 8.35. The maximum Gasteiger partial charge on any atom is 0.315 e. The molecule has 5 amide bonds. The number of amides is 5. The molecule has 0 unspecified atom stereocenters. The normalized spacial score (nSPS) is 25.7. The molecule has 0 radical (unpaired) electrons. The van der Waals surface area contributed by atoms with Crippen LogP contribution in [0.4, 0.5) is 4.79 Å². The van der Waals surface area contributed by atoms with Crippen LogP contribution in [0, 0.1) is 17.3 Å². The van der Waals surface area contributed by atoms with Gasteiger partial charge >= 0.3 is 6.03 Å². The number of likely N-dealkylation sites (tertiary alicyclic amines) is 1. The Morgan fingerprint density at radius 3 is 2.15 bits per heavy atom. The quantitative estimate of drug-likeness (QED) is 0.180. The zero-order valence-corrected chi connectivity index (χ0v) is 30.1. The first-order valence-corrected chi connectivity index (χ1v) is 19.5. The highest BCUT2D eigenvalue weighted by Gasteiger charge is 2.53. The van der Waals surface area contributed by atoms with Crippen molar-refractivity contribution in [3.63, 3.8) is 0 Å². The lowest BCUT2D eigenvalue weighted by Crippen LogP contribution is -2.64. The number of nitrogens with one attached hydrogen (secondary N) is 4. The topological polar surface area (TPSA) is 171 Å². The van der Waals surface area contributed by atoms with E-state index in [0.29, 0.717) is 19.4 Å². The van der Waals surface area contributed by atoms with Gasteiger partial charge in [-0.25, -0.2) is 13.2 Å². The summed E-state index contributed by atoms with van der Waals surface area (Å²) in [4.78, 5) is 68.4. The lowest BCUT2D eigenvalue weighted by atomic mass is 9.70. The summed E-state index contributed by atoms with van der Waals surface area (Å²) in [5, 5.41) is 11.1. The Kier molecular flexibility index (Phi) is 12.1. The summed E-state index contributed by atoms with van der Waals surface area (Å²) >= 11 is 0. The van der Waals surface area contributed by atoms with E-state index in [1.807, 2.05) is 6.92 Å². The minimum atomic E-state index is -3.55. The van der Waals surface area contributed by atoms with Gasteiger partial charge in [-0.2, -0.15) is 0 Å². The smallest absolute Gasteiger partial charge is 0.315 e. The van der Waals surface area contributed by atoms with E-state index in [9.17, 15) is 32.4 Å². The highest BCUT2D eigenvalue weighted by molar-refractivity contribution is 7.92. The number of nitrogens with zero attached hydrogens (tertiary/aromatic N) is 1. The third-order valence-corrected chi connectivity index (χ3v) is 14.1. The van der Waals surface area contributed by atoms with Crippen LogP contribution in [0.15, 0.2) is 12.7 Å². The molecule has 0 aromatic rings. The minimum absolute atomic E-state index is 0.0830. The summed E-state index contributed by atoms with van der Waals surface area (Å²) in [6, 6.07) is -2.32. The van der Waals surface area contributed by atoms with Gasteiger partial charge in [0.1, 0.15) is 12.1 Å².